The molecule has 0 saturated carbocycles. The molecule has 0 aliphatic rings. The van der Waals surface area contributed by atoms with Gasteiger partial charge in [-0.2, -0.15) is 0 Å². The van der Waals surface area contributed by atoms with Crippen LogP contribution in [0.25, 0.3) is 0 Å². The standard InChI is InChI=1S/C14H12BF4O/c1-10-4-2-3-5-11(10)9-20-14-8-12(16)6-7-13(14)15(17,18)19/h2-8H,9H2,1H3/q-1. The zero-order valence-corrected chi connectivity index (χ0v) is 10.7. The molecule has 0 heterocycles. The van der Waals surface area contributed by atoms with Gasteiger partial charge in [0.15, 0.2) is 0 Å². The summed E-state index contributed by atoms with van der Waals surface area (Å²) >= 11 is 0. The van der Waals surface area contributed by atoms with Crippen LogP contribution in [0.5, 0.6) is 5.75 Å². The quantitative estimate of drug-likeness (QED) is 0.613. The first-order chi connectivity index (χ1) is 9.38. The third-order valence-corrected chi connectivity index (χ3v) is 2.97. The fraction of sp³-hybridized carbons (Fsp3) is 0.143. The van der Waals surface area contributed by atoms with Gasteiger partial charge in [-0.25, -0.2) is 4.39 Å². The van der Waals surface area contributed by atoms with E-state index in [1.54, 1.807) is 12.1 Å². The van der Waals surface area contributed by atoms with Gasteiger partial charge in [0.25, 0.3) is 0 Å². The topological polar surface area (TPSA) is 9.23 Å². The highest BCUT2D eigenvalue weighted by molar-refractivity contribution is 6.74. The second-order valence-electron chi connectivity index (χ2n) is 4.47. The second-order valence-corrected chi connectivity index (χ2v) is 4.47. The van der Waals surface area contributed by atoms with Gasteiger partial charge in [0.1, 0.15) is 12.4 Å². The lowest BCUT2D eigenvalue weighted by atomic mass is 9.79. The smallest absolute Gasteiger partial charge is 0.492 e. The van der Waals surface area contributed by atoms with Gasteiger partial charge in [-0.15, -0.1) is 0 Å². The molecule has 0 aromatic heterocycles. The molecule has 0 amide bonds. The predicted molar refractivity (Wildman–Crippen MR) is 70.6 cm³/mol. The molecule has 0 fully saturated rings. The molecule has 1 nitrogen and oxygen atoms in total. The summed E-state index contributed by atoms with van der Waals surface area (Å²) < 4.78 is 56.8. The van der Waals surface area contributed by atoms with Crippen molar-refractivity contribution in [2.75, 3.05) is 0 Å². The van der Waals surface area contributed by atoms with E-state index < -0.39 is 24.0 Å². The van der Waals surface area contributed by atoms with Crippen LogP contribution >= 0.6 is 0 Å². The summed E-state index contributed by atoms with van der Waals surface area (Å²) in [5.41, 5.74) is 0.750. The zero-order chi connectivity index (χ0) is 14.8. The number of ether oxygens (including phenoxy) is 1. The van der Waals surface area contributed by atoms with Crippen LogP contribution in [0.3, 0.4) is 0 Å². The lowest BCUT2D eigenvalue weighted by Gasteiger charge is -2.20. The van der Waals surface area contributed by atoms with Gasteiger partial charge in [0.05, 0.1) is 5.75 Å². The van der Waals surface area contributed by atoms with E-state index in [9.17, 15) is 17.3 Å². The Kier molecular flexibility index (Phi) is 4.02. The molecule has 0 atom stereocenters. The van der Waals surface area contributed by atoms with Gasteiger partial charge in [-0.1, -0.05) is 35.8 Å². The second kappa shape index (κ2) is 5.57. The Labute approximate surface area is 114 Å². The summed E-state index contributed by atoms with van der Waals surface area (Å²) in [7, 11) is 0. The van der Waals surface area contributed by atoms with Crippen molar-refractivity contribution in [3.05, 3.63) is 59.4 Å². The van der Waals surface area contributed by atoms with Crippen LogP contribution in [0.15, 0.2) is 42.5 Å². The van der Waals surface area contributed by atoms with Crippen LogP contribution < -0.4 is 10.2 Å². The third-order valence-electron chi connectivity index (χ3n) is 2.97. The molecule has 0 bridgehead atoms. The van der Waals surface area contributed by atoms with Crippen LogP contribution in [0, 0.1) is 12.7 Å². The van der Waals surface area contributed by atoms with Gasteiger partial charge >= 0.3 is 6.98 Å². The van der Waals surface area contributed by atoms with E-state index in [0.717, 1.165) is 23.3 Å². The van der Waals surface area contributed by atoms with Crippen molar-refractivity contribution in [2.45, 2.75) is 13.5 Å². The molecule has 2 aromatic carbocycles. The van der Waals surface area contributed by atoms with E-state index in [0.29, 0.717) is 6.07 Å². The molecule has 2 rings (SSSR count). The monoisotopic (exact) mass is 283 g/mol. The van der Waals surface area contributed by atoms with Gasteiger partial charge < -0.3 is 17.7 Å². The summed E-state index contributed by atoms with van der Waals surface area (Å²) in [6.45, 7) is -3.44. The van der Waals surface area contributed by atoms with Crippen molar-refractivity contribution in [2.24, 2.45) is 0 Å². The van der Waals surface area contributed by atoms with E-state index in [1.807, 2.05) is 19.1 Å². The van der Waals surface area contributed by atoms with Gasteiger partial charge in [0.2, 0.25) is 0 Å². The summed E-state index contributed by atoms with van der Waals surface area (Å²) in [4.78, 5) is 0. The van der Waals surface area contributed by atoms with E-state index in [-0.39, 0.29) is 6.61 Å². The van der Waals surface area contributed by atoms with E-state index in [4.69, 9.17) is 4.74 Å². The largest absolute Gasteiger partial charge is 0.513 e. The first kappa shape index (κ1) is 14.4. The Bertz CT molecular complexity index is 610. The number of aryl methyl sites for hydroxylation is 1. The maximum absolute atomic E-state index is 13.1. The summed E-state index contributed by atoms with van der Waals surface area (Å²) in [5, 5.41) is 0. The Hall–Kier alpha value is -1.98. The minimum Gasteiger partial charge on any atom is -0.492 e. The Morgan fingerprint density at radius 3 is 2.40 bits per heavy atom. The third kappa shape index (κ3) is 3.32. The molecule has 2 aromatic rings. The maximum atomic E-state index is 13.1. The first-order valence-electron chi connectivity index (χ1n) is 6.04. The number of halogens is 4. The highest BCUT2D eigenvalue weighted by atomic mass is 19.4. The highest BCUT2D eigenvalue weighted by Gasteiger charge is 2.29. The van der Waals surface area contributed by atoms with Crippen LogP contribution in [-0.2, 0) is 6.61 Å². The minimum absolute atomic E-state index is 0.0325. The van der Waals surface area contributed by atoms with Gasteiger partial charge in [-0.05, 0) is 24.1 Å². The van der Waals surface area contributed by atoms with Crippen molar-refractivity contribution >= 4 is 12.4 Å². The number of hydrogen-bond acceptors (Lipinski definition) is 1. The van der Waals surface area contributed by atoms with Crippen molar-refractivity contribution < 1.29 is 22.1 Å². The lowest BCUT2D eigenvalue weighted by molar-refractivity contribution is 0.304. The first-order valence-corrected chi connectivity index (χ1v) is 6.04. The van der Waals surface area contributed by atoms with Crippen molar-refractivity contribution in [3.8, 4) is 5.75 Å². The predicted octanol–water partition coefficient (Wildman–Crippen LogP) is 3.77. The molecular formula is C14H12BF4O-. The van der Waals surface area contributed by atoms with Crippen LogP contribution in [0.2, 0.25) is 0 Å². The average Bonchev–Trinajstić information content (AvgIpc) is 2.36. The highest BCUT2D eigenvalue weighted by Crippen LogP contribution is 2.20. The number of hydrogen-bond donors (Lipinski definition) is 0. The van der Waals surface area contributed by atoms with E-state index in [1.165, 1.54) is 0 Å². The normalized spacial score (nSPS) is 11.4. The molecule has 0 unspecified atom stereocenters. The Morgan fingerprint density at radius 2 is 1.75 bits per heavy atom. The molecule has 0 saturated heterocycles. The van der Waals surface area contributed by atoms with Crippen molar-refractivity contribution in [3.63, 3.8) is 0 Å². The fourth-order valence-electron chi connectivity index (χ4n) is 1.83. The minimum atomic E-state index is -5.24. The maximum Gasteiger partial charge on any atom is 0.513 e. The molecule has 0 spiro atoms. The van der Waals surface area contributed by atoms with Gasteiger partial charge in [0, 0.05) is 6.07 Å². The molecule has 106 valence electrons. The van der Waals surface area contributed by atoms with Crippen LogP contribution in [0.1, 0.15) is 11.1 Å². The van der Waals surface area contributed by atoms with Gasteiger partial charge in [-0.3, -0.25) is 0 Å². The molecule has 0 aliphatic carbocycles. The summed E-state index contributed by atoms with van der Waals surface area (Å²) in [6.07, 6.45) is 0. The number of benzene rings is 2. The zero-order valence-electron chi connectivity index (χ0n) is 10.7. The summed E-state index contributed by atoms with van der Waals surface area (Å²) in [6, 6.07) is 9.44. The Morgan fingerprint density at radius 1 is 1.05 bits per heavy atom. The van der Waals surface area contributed by atoms with E-state index >= 15 is 0 Å². The molecule has 0 N–H and O–H groups in total. The van der Waals surface area contributed by atoms with Crippen LogP contribution in [0.4, 0.5) is 17.3 Å². The van der Waals surface area contributed by atoms with Crippen LogP contribution in [-0.4, -0.2) is 6.98 Å². The van der Waals surface area contributed by atoms with Crippen molar-refractivity contribution in [1.82, 2.24) is 0 Å². The fourth-order valence-corrected chi connectivity index (χ4v) is 1.83. The van der Waals surface area contributed by atoms with Crippen molar-refractivity contribution in [1.29, 1.82) is 0 Å². The summed E-state index contributed by atoms with van der Waals surface area (Å²) in [5.74, 6) is -1.23. The molecule has 0 aliphatic heterocycles. The number of rotatable bonds is 4. The molecule has 0 radical (unpaired) electrons. The lowest BCUT2D eigenvalue weighted by Crippen LogP contribution is -2.35. The SMILES string of the molecule is Cc1ccccc1COc1cc(F)ccc1[B-](F)(F)F. The average molecular weight is 283 g/mol. The molecule has 20 heavy (non-hydrogen) atoms. The molecule has 6 heteroatoms. The van der Waals surface area contributed by atoms with E-state index in [2.05, 4.69) is 0 Å². The molecular weight excluding hydrogens is 271 g/mol. The Balaban J connectivity index is 2.25.